The summed E-state index contributed by atoms with van der Waals surface area (Å²) in [5.41, 5.74) is 0.817. The number of sulfonamides is 1. The Kier molecular flexibility index (Phi) is 6.11. The molecule has 0 aliphatic carbocycles. The fourth-order valence-electron chi connectivity index (χ4n) is 3.14. The number of carbonyl (C=O) groups is 1. The lowest BCUT2D eigenvalue weighted by Gasteiger charge is -2.34. The quantitative estimate of drug-likeness (QED) is 0.528. The van der Waals surface area contributed by atoms with Crippen LogP contribution < -0.4 is 0 Å². The molecule has 1 amide bonds. The average Bonchev–Trinajstić information content (AvgIpc) is 3.27. The van der Waals surface area contributed by atoms with Crippen molar-refractivity contribution >= 4 is 27.7 Å². The van der Waals surface area contributed by atoms with Gasteiger partial charge in [-0.15, -0.1) is 5.10 Å². The van der Waals surface area contributed by atoms with Gasteiger partial charge in [-0.2, -0.15) is 8.99 Å². The third-order valence-electron chi connectivity index (χ3n) is 4.74. The van der Waals surface area contributed by atoms with Crippen molar-refractivity contribution in [1.29, 1.82) is 0 Å². The zero-order valence-electron chi connectivity index (χ0n) is 16.0. The number of tetrazole rings is 1. The van der Waals surface area contributed by atoms with Gasteiger partial charge in [-0.1, -0.05) is 48.2 Å². The van der Waals surface area contributed by atoms with E-state index in [0.717, 1.165) is 5.69 Å². The number of para-hydroxylation sites is 1. The van der Waals surface area contributed by atoms with Crippen LogP contribution in [0, 0.1) is 0 Å². The molecule has 1 aromatic heterocycles. The van der Waals surface area contributed by atoms with Gasteiger partial charge in [-0.3, -0.25) is 4.79 Å². The molecule has 0 atom stereocenters. The van der Waals surface area contributed by atoms with E-state index in [0.29, 0.717) is 18.2 Å². The highest BCUT2D eigenvalue weighted by atomic mass is 32.2. The Bertz CT molecular complexity index is 1100. The lowest BCUT2D eigenvalue weighted by Crippen LogP contribution is -2.50. The Labute approximate surface area is 178 Å². The minimum absolute atomic E-state index is 0.0700. The lowest BCUT2D eigenvalue weighted by atomic mass is 10.3. The van der Waals surface area contributed by atoms with Crippen molar-refractivity contribution in [2.24, 2.45) is 0 Å². The van der Waals surface area contributed by atoms with E-state index >= 15 is 0 Å². The molecular formula is C19H20N6O3S2. The van der Waals surface area contributed by atoms with Gasteiger partial charge in [0.1, 0.15) is 0 Å². The lowest BCUT2D eigenvalue weighted by molar-refractivity contribution is -0.129. The molecule has 3 aromatic rings. The van der Waals surface area contributed by atoms with Gasteiger partial charge in [0.05, 0.1) is 16.3 Å². The second-order valence-electron chi connectivity index (χ2n) is 6.60. The summed E-state index contributed by atoms with van der Waals surface area (Å²) in [5, 5.41) is 12.2. The molecule has 1 aliphatic heterocycles. The number of nitrogens with zero attached hydrogens (tertiary/aromatic N) is 6. The van der Waals surface area contributed by atoms with Crippen molar-refractivity contribution < 1.29 is 13.2 Å². The van der Waals surface area contributed by atoms with Gasteiger partial charge in [0.15, 0.2) is 0 Å². The van der Waals surface area contributed by atoms with Gasteiger partial charge < -0.3 is 4.90 Å². The fraction of sp³-hybridized carbons (Fsp3) is 0.263. The summed E-state index contributed by atoms with van der Waals surface area (Å²) in [7, 11) is -3.53. The standard InChI is InChI=1S/C19H20N6O3S2/c26-18(15-29-19-20-21-22-25(19)16-7-3-1-4-8-16)23-11-13-24(14-12-23)30(27,28)17-9-5-2-6-10-17/h1-10H,11-15H2. The highest BCUT2D eigenvalue weighted by Crippen LogP contribution is 2.20. The number of benzene rings is 2. The Balaban J connectivity index is 1.33. The molecule has 0 saturated carbocycles. The van der Waals surface area contributed by atoms with Crippen molar-refractivity contribution in [1.82, 2.24) is 29.4 Å². The van der Waals surface area contributed by atoms with Crippen LogP contribution in [0.3, 0.4) is 0 Å². The van der Waals surface area contributed by atoms with Crippen LogP contribution in [0.4, 0.5) is 0 Å². The summed E-state index contributed by atoms with van der Waals surface area (Å²) in [4.78, 5) is 14.6. The van der Waals surface area contributed by atoms with Crippen LogP contribution in [0.25, 0.3) is 5.69 Å². The van der Waals surface area contributed by atoms with Crippen LogP contribution in [0.1, 0.15) is 0 Å². The summed E-state index contributed by atoms with van der Waals surface area (Å²) in [5.74, 6) is 0.109. The monoisotopic (exact) mass is 444 g/mol. The number of carbonyl (C=O) groups excluding carboxylic acids is 1. The molecule has 9 nitrogen and oxygen atoms in total. The minimum Gasteiger partial charge on any atom is -0.339 e. The maximum absolute atomic E-state index is 12.7. The van der Waals surface area contributed by atoms with Crippen LogP contribution in [-0.2, 0) is 14.8 Å². The molecule has 4 rings (SSSR count). The van der Waals surface area contributed by atoms with Gasteiger partial charge in [0.25, 0.3) is 0 Å². The Morgan fingerprint density at radius 1 is 0.933 bits per heavy atom. The molecule has 1 aliphatic rings. The number of thioether (sulfide) groups is 1. The molecule has 11 heteroatoms. The SMILES string of the molecule is O=C(CSc1nnnn1-c1ccccc1)N1CCN(S(=O)(=O)c2ccccc2)CC1. The molecule has 0 bridgehead atoms. The van der Waals surface area contributed by atoms with Crippen LogP contribution in [0.15, 0.2) is 70.7 Å². The highest BCUT2D eigenvalue weighted by Gasteiger charge is 2.30. The van der Waals surface area contributed by atoms with E-state index in [9.17, 15) is 13.2 Å². The zero-order valence-corrected chi connectivity index (χ0v) is 17.7. The van der Waals surface area contributed by atoms with Crippen molar-refractivity contribution in [3.05, 3.63) is 60.7 Å². The first kappa shape index (κ1) is 20.5. The number of piperazine rings is 1. The molecule has 0 unspecified atom stereocenters. The van der Waals surface area contributed by atoms with Gasteiger partial charge in [-0.05, 0) is 34.7 Å². The first-order valence-electron chi connectivity index (χ1n) is 9.35. The van der Waals surface area contributed by atoms with Gasteiger partial charge >= 0.3 is 0 Å². The minimum atomic E-state index is -3.53. The summed E-state index contributed by atoms with van der Waals surface area (Å²) in [6.07, 6.45) is 0. The maximum atomic E-state index is 12.7. The normalized spacial score (nSPS) is 15.3. The van der Waals surface area contributed by atoms with Crippen LogP contribution >= 0.6 is 11.8 Å². The van der Waals surface area contributed by atoms with Gasteiger partial charge in [-0.25, -0.2) is 8.42 Å². The summed E-state index contributed by atoms with van der Waals surface area (Å²) in [6, 6.07) is 17.8. The molecule has 0 N–H and O–H groups in total. The van der Waals surface area contributed by atoms with Crippen LogP contribution in [0.2, 0.25) is 0 Å². The zero-order chi connectivity index (χ0) is 21.0. The van der Waals surface area contributed by atoms with E-state index in [1.54, 1.807) is 39.9 Å². The molecule has 2 heterocycles. The van der Waals surface area contributed by atoms with Gasteiger partial charge in [0.2, 0.25) is 21.1 Å². The number of aromatic nitrogens is 4. The second-order valence-corrected chi connectivity index (χ2v) is 9.48. The Morgan fingerprint density at radius 2 is 1.57 bits per heavy atom. The van der Waals surface area contributed by atoms with Gasteiger partial charge in [0, 0.05) is 26.2 Å². The van der Waals surface area contributed by atoms with E-state index in [-0.39, 0.29) is 29.6 Å². The van der Waals surface area contributed by atoms with Crippen molar-refractivity contribution in [3.8, 4) is 5.69 Å². The van der Waals surface area contributed by atoms with E-state index in [2.05, 4.69) is 15.5 Å². The van der Waals surface area contributed by atoms with Crippen LogP contribution in [-0.4, -0.2) is 75.7 Å². The van der Waals surface area contributed by atoms with Crippen molar-refractivity contribution in [2.45, 2.75) is 10.1 Å². The fourth-order valence-corrected chi connectivity index (χ4v) is 5.37. The Morgan fingerprint density at radius 3 is 2.23 bits per heavy atom. The third kappa shape index (κ3) is 4.37. The van der Waals surface area contributed by atoms with E-state index in [1.807, 2.05) is 30.3 Å². The molecule has 156 valence electrons. The van der Waals surface area contributed by atoms with E-state index < -0.39 is 10.0 Å². The van der Waals surface area contributed by atoms with E-state index in [4.69, 9.17) is 0 Å². The summed E-state index contributed by atoms with van der Waals surface area (Å²) in [6.45, 7) is 1.26. The predicted molar refractivity (Wildman–Crippen MR) is 112 cm³/mol. The topological polar surface area (TPSA) is 101 Å². The average molecular weight is 445 g/mol. The first-order valence-corrected chi connectivity index (χ1v) is 11.8. The summed E-state index contributed by atoms with van der Waals surface area (Å²) >= 11 is 1.26. The van der Waals surface area contributed by atoms with E-state index in [1.165, 1.54) is 16.1 Å². The molecular weight excluding hydrogens is 424 g/mol. The molecule has 0 spiro atoms. The molecule has 1 saturated heterocycles. The highest BCUT2D eigenvalue weighted by molar-refractivity contribution is 7.99. The first-order chi connectivity index (χ1) is 14.6. The maximum Gasteiger partial charge on any atom is 0.243 e. The summed E-state index contributed by atoms with van der Waals surface area (Å²) < 4.78 is 28.4. The molecule has 2 aromatic carbocycles. The number of hydrogen-bond donors (Lipinski definition) is 0. The molecule has 30 heavy (non-hydrogen) atoms. The smallest absolute Gasteiger partial charge is 0.243 e. The van der Waals surface area contributed by atoms with Crippen LogP contribution in [0.5, 0.6) is 0 Å². The number of hydrogen-bond acceptors (Lipinski definition) is 7. The number of rotatable bonds is 6. The second kappa shape index (κ2) is 8.94. The predicted octanol–water partition coefficient (Wildman–Crippen LogP) is 1.29. The molecule has 0 radical (unpaired) electrons. The van der Waals surface area contributed by atoms with Crippen molar-refractivity contribution in [2.75, 3.05) is 31.9 Å². The third-order valence-corrected chi connectivity index (χ3v) is 7.56. The molecule has 1 fully saturated rings. The van der Waals surface area contributed by atoms with Crippen molar-refractivity contribution in [3.63, 3.8) is 0 Å². The number of amides is 1. The Hall–Kier alpha value is -2.76. The largest absolute Gasteiger partial charge is 0.339 e.